The fourth-order valence-corrected chi connectivity index (χ4v) is 6.33. The number of sulfone groups is 1. The van der Waals surface area contributed by atoms with Gasteiger partial charge in [-0.2, -0.15) is 0 Å². The monoisotopic (exact) mass is 558 g/mol. The molecule has 1 saturated heterocycles. The first-order valence-electron chi connectivity index (χ1n) is 12.0. The van der Waals surface area contributed by atoms with Gasteiger partial charge in [-0.05, 0) is 30.7 Å². The number of anilines is 1. The van der Waals surface area contributed by atoms with Crippen molar-refractivity contribution in [2.24, 2.45) is 0 Å². The molecule has 1 fully saturated rings. The molecule has 14 heteroatoms. The summed E-state index contributed by atoms with van der Waals surface area (Å²) in [5, 5.41) is 7.68. The molecule has 0 N–H and O–H groups in total. The minimum Gasteiger partial charge on any atom is -0.494 e. The summed E-state index contributed by atoms with van der Waals surface area (Å²) < 4.78 is 65.0. The fourth-order valence-electron chi connectivity index (χ4n) is 4.63. The Labute approximate surface area is 224 Å². The van der Waals surface area contributed by atoms with Crippen LogP contribution in [-0.4, -0.2) is 78.9 Å². The summed E-state index contributed by atoms with van der Waals surface area (Å²) in [4.78, 5) is 9.72. The van der Waals surface area contributed by atoms with E-state index in [1.807, 2.05) is 0 Å². The highest BCUT2D eigenvalue weighted by Gasteiger charge is 2.38. The van der Waals surface area contributed by atoms with Gasteiger partial charge in [0, 0.05) is 20.2 Å². The van der Waals surface area contributed by atoms with Gasteiger partial charge in [0.05, 0.1) is 44.2 Å². The van der Waals surface area contributed by atoms with Gasteiger partial charge in [-0.15, -0.1) is 10.2 Å². The highest BCUT2D eigenvalue weighted by Crippen LogP contribution is 2.37. The average molecular weight is 559 g/mol. The summed E-state index contributed by atoms with van der Waals surface area (Å²) in [6.45, 7) is 0.469. The van der Waals surface area contributed by atoms with Gasteiger partial charge < -0.3 is 23.5 Å². The maximum Gasteiger partial charge on any atom is 0.225 e. The minimum absolute atomic E-state index is 0.102. The van der Waals surface area contributed by atoms with Crippen molar-refractivity contribution >= 4 is 15.8 Å². The van der Waals surface area contributed by atoms with Crippen molar-refractivity contribution in [3.63, 3.8) is 0 Å². The Morgan fingerprint density at radius 2 is 1.74 bits per heavy atom. The Morgan fingerprint density at radius 3 is 2.36 bits per heavy atom. The number of rotatable bonds is 9. The molecule has 0 radical (unpaired) electrons. The quantitative estimate of drug-likeness (QED) is 0.300. The van der Waals surface area contributed by atoms with Crippen molar-refractivity contribution in [3.05, 3.63) is 60.6 Å². The summed E-state index contributed by atoms with van der Waals surface area (Å²) in [5.74, 6) is 0.870. The number of para-hydroxylation sites is 1. The highest BCUT2D eigenvalue weighted by molar-refractivity contribution is 7.91. The van der Waals surface area contributed by atoms with E-state index in [-0.39, 0.29) is 30.6 Å². The zero-order chi connectivity index (χ0) is 27.6. The number of hydrogen-bond donors (Lipinski definition) is 0. The number of aromatic nitrogens is 5. The van der Waals surface area contributed by atoms with Crippen molar-refractivity contribution < 1.29 is 31.4 Å². The standard InChI is InChI=1S/C25H27FN6O6S/c1-35-17-10-18(14-31(13-17)25-27-11-16(26)12-28-25)39(33,34)15-22-29-30-24(21-8-5-9-38-21)32(22)23-19(36-2)6-4-7-20(23)37-3/h4-9,11-12,17-18H,10,13-15H2,1-3H3/t17-,18+/m1/s1. The Morgan fingerprint density at radius 1 is 1.03 bits per heavy atom. The third kappa shape index (κ3) is 5.29. The van der Waals surface area contributed by atoms with Crippen LogP contribution in [0.5, 0.6) is 11.5 Å². The lowest BCUT2D eigenvalue weighted by Gasteiger charge is -2.36. The number of furan rings is 1. The SMILES string of the molecule is COc1cccc(OC)c1-n1c(CS(=O)(=O)[C@H]2C[C@@H](OC)CN(c3ncc(F)cn3)C2)nnc1-c1ccco1. The normalized spacial score (nSPS) is 17.8. The van der Waals surface area contributed by atoms with Gasteiger partial charge >= 0.3 is 0 Å². The Kier molecular flexibility index (Phi) is 7.48. The van der Waals surface area contributed by atoms with Gasteiger partial charge in [-0.3, -0.25) is 4.57 Å². The number of hydrogen-bond acceptors (Lipinski definition) is 11. The molecular formula is C25H27FN6O6S. The molecule has 0 saturated carbocycles. The van der Waals surface area contributed by atoms with Crippen LogP contribution in [0.1, 0.15) is 12.2 Å². The molecule has 0 spiro atoms. The third-order valence-electron chi connectivity index (χ3n) is 6.53. The molecule has 1 aliphatic heterocycles. The highest BCUT2D eigenvalue weighted by atomic mass is 32.2. The van der Waals surface area contributed by atoms with Gasteiger partial charge in [0.25, 0.3) is 0 Å². The zero-order valence-corrected chi connectivity index (χ0v) is 22.3. The zero-order valence-electron chi connectivity index (χ0n) is 21.5. The predicted octanol–water partition coefficient (Wildman–Crippen LogP) is 2.68. The Bertz CT molecular complexity index is 1500. The van der Waals surface area contributed by atoms with Gasteiger partial charge in [0.15, 0.2) is 27.2 Å². The van der Waals surface area contributed by atoms with Crippen LogP contribution in [0.2, 0.25) is 0 Å². The molecule has 4 aromatic rings. The second-order valence-electron chi connectivity index (χ2n) is 8.89. The van der Waals surface area contributed by atoms with Crippen LogP contribution >= 0.6 is 0 Å². The summed E-state index contributed by atoms with van der Waals surface area (Å²) in [7, 11) is 0.686. The van der Waals surface area contributed by atoms with Crippen LogP contribution < -0.4 is 14.4 Å². The van der Waals surface area contributed by atoms with Crippen molar-refractivity contribution in [3.8, 4) is 28.8 Å². The van der Waals surface area contributed by atoms with E-state index in [4.69, 9.17) is 18.6 Å². The molecule has 1 aliphatic rings. The smallest absolute Gasteiger partial charge is 0.225 e. The third-order valence-corrected chi connectivity index (χ3v) is 8.55. The summed E-state index contributed by atoms with van der Waals surface area (Å²) in [6, 6.07) is 8.61. The van der Waals surface area contributed by atoms with E-state index in [2.05, 4.69) is 20.2 Å². The lowest BCUT2D eigenvalue weighted by atomic mass is 10.1. The molecule has 1 aromatic carbocycles. The van der Waals surface area contributed by atoms with Crippen molar-refractivity contribution in [2.45, 2.75) is 23.5 Å². The van der Waals surface area contributed by atoms with Crippen LogP contribution in [0.15, 0.2) is 53.4 Å². The van der Waals surface area contributed by atoms with Crippen molar-refractivity contribution in [1.29, 1.82) is 0 Å². The molecule has 3 aromatic heterocycles. The van der Waals surface area contributed by atoms with Gasteiger partial charge in [-0.1, -0.05) is 6.07 Å². The van der Waals surface area contributed by atoms with Crippen LogP contribution in [0.4, 0.5) is 10.3 Å². The largest absolute Gasteiger partial charge is 0.494 e. The molecule has 5 rings (SSSR count). The lowest BCUT2D eigenvalue weighted by molar-refractivity contribution is 0.0897. The van der Waals surface area contributed by atoms with E-state index in [9.17, 15) is 12.8 Å². The molecule has 0 amide bonds. The van der Waals surface area contributed by atoms with Gasteiger partial charge in [-0.25, -0.2) is 22.8 Å². The molecule has 0 aliphatic carbocycles. The topological polar surface area (TPSA) is 135 Å². The second-order valence-corrected chi connectivity index (χ2v) is 11.2. The maximum absolute atomic E-state index is 13.9. The van der Waals surface area contributed by atoms with E-state index >= 15 is 0 Å². The summed E-state index contributed by atoms with van der Waals surface area (Å²) >= 11 is 0. The summed E-state index contributed by atoms with van der Waals surface area (Å²) in [5.41, 5.74) is 0.434. The molecule has 2 atom stereocenters. The maximum atomic E-state index is 13.9. The molecule has 0 bridgehead atoms. The molecule has 206 valence electrons. The van der Waals surface area contributed by atoms with Gasteiger partial charge in [0.2, 0.25) is 11.8 Å². The van der Waals surface area contributed by atoms with Gasteiger partial charge in [0.1, 0.15) is 22.9 Å². The molecule has 39 heavy (non-hydrogen) atoms. The van der Waals surface area contributed by atoms with E-state index < -0.39 is 32.8 Å². The van der Waals surface area contributed by atoms with E-state index in [1.165, 1.54) is 27.6 Å². The number of methoxy groups -OCH3 is 3. The number of ether oxygens (including phenoxy) is 3. The first-order chi connectivity index (χ1) is 18.8. The second kappa shape index (κ2) is 11.0. The molecule has 4 heterocycles. The fraction of sp³-hybridized carbons (Fsp3) is 0.360. The van der Waals surface area contributed by atoms with Crippen LogP contribution in [0, 0.1) is 5.82 Å². The van der Waals surface area contributed by atoms with Crippen LogP contribution in [0.25, 0.3) is 17.3 Å². The Balaban J connectivity index is 1.54. The first-order valence-corrected chi connectivity index (χ1v) is 13.7. The number of piperidine rings is 1. The molecule has 0 unspecified atom stereocenters. The average Bonchev–Trinajstić information content (AvgIpc) is 3.62. The van der Waals surface area contributed by atoms with Crippen molar-refractivity contribution in [1.82, 2.24) is 24.7 Å². The number of halogens is 1. The minimum atomic E-state index is -3.84. The van der Waals surface area contributed by atoms with Crippen LogP contribution in [-0.2, 0) is 20.3 Å². The number of nitrogens with zero attached hydrogens (tertiary/aromatic N) is 6. The lowest BCUT2D eigenvalue weighted by Crippen LogP contribution is -2.50. The van der Waals surface area contributed by atoms with E-state index in [0.29, 0.717) is 29.5 Å². The predicted molar refractivity (Wildman–Crippen MR) is 138 cm³/mol. The number of benzene rings is 1. The summed E-state index contributed by atoms with van der Waals surface area (Å²) in [6.07, 6.45) is 3.43. The van der Waals surface area contributed by atoms with E-state index in [1.54, 1.807) is 39.8 Å². The van der Waals surface area contributed by atoms with Crippen molar-refractivity contribution in [2.75, 3.05) is 39.3 Å². The van der Waals surface area contributed by atoms with E-state index in [0.717, 1.165) is 12.4 Å². The van der Waals surface area contributed by atoms with Crippen LogP contribution in [0.3, 0.4) is 0 Å². The molecule has 12 nitrogen and oxygen atoms in total. The molecular weight excluding hydrogens is 531 g/mol. The Hall–Kier alpha value is -4.04. The first kappa shape index (κ1) is 26.6.